The highest BCUT2D eigenvalue weighted by Crippen LogP contribution is 2.20. The molecule has 5 heterocycles. The van der Waals surface area contributed by atoms with E-state index >= 15 is 0 Å². The van der Waals surface area contributed by atoms with E-state index in [9.17, 15) is 9.59 Å². The average Bonchev–Trinajstić information content (AvgIpc) is 3.91. The maximum absolute atomic E-state index is 13.2. The predicted molar refractivity (Wildman–Crippen MR) is 222 cm³/mol. The van der Waals surface area contributed by atoms with Crippen LogP contribution in [0.4, 0.5) is 17.8 Å². The fourth-order valence-corrected chi connectivity index (χ4v) is 6.38. The molecule has 26 heteroatoms. The lowest BCUT2D eigenvalue weighted by Gasteiger charge is -2.36. The van der Waals surface area contributed by atoms with E-state index in [2.05, 4.69) is 41.8 Å². The smallest absolute Gasteiger partial charge is 0.338 e. The fraction of sp³-hybridized carbons (Fsp3) is 0.639. The normalized spacial score (nSPS) is 13.9. The second-order valence-corrected chi connectivity index (χ2v) is 14.2. The molecule has 0 bridgehead atoms. The van der Waals surface area contributed by atoms with Crippen molar-refractivity contribution in [1.29, 1.82) is 0 Å². The molecule has 0 saturated carbocycles. The van der Waals surface area contributed by atoms with Crippen LogP contribution in [0.3, 0.4) is 0 Å². The number of aryl methyl sites for hydroxylation is 2. The molecule has 2 amide bonds. The third-order valence-electron chi connectivity index (χ3n) is 9.55. The highest BCUT2D eigenvalue weighted by molar-refractivity contribution is 5.76. The van der Waals surface area contributed by atoms with E-state index in [-0.39, 0.29) is 55.8 Å². The predicted octanol–water partition coefficient (Wildman–Crippen LogP) is -10.6. The molecule has 0 spiro atoms. The van der Waals surface area contributed by atoms with Crippen LogP contribution < -0.4 is 60.4 Å². The summed E-state index contributed by atoms with van der Waals surface area (Å²) in [5, 5.41) is 19.9. The summed E-state index contributed by atoms with van der Waals surface area (Å²) in [6, 6.07) is 0. The second kappa shape index (κ2) is 26.3. The number of amides is 2. The molecule has 2 saturated heterocycles. The van der Waals surface area contributed by atoms with E-state index < -0.39 is 0 Å². The van der Waals surface area contributed by atoms with E-state index in [1.807, 2.05) is 9.80 Å². The van der Waals surface area contributed by atoms with Gasteiger partial charge in [0, 0.05) is 71.3 Å². The van der Waals surface area contributed by atoms with Crippen LogP contribution in [0.1, 0.15) is 24.2 Å². The molecule has 0 aromatic carbocycles. The average molecular weight is 888 g/mol. The summed E-state index contributed by atoms with van der Waals surface area (Å²) >= 11 is 0. The van der Waals surface area contributed by atoms with Crippen LogP contribution in [0.15, 0.2) is 12.4 Å². The number of ether oxygens (including phenoxy) is 3. The number of halogens is 1. The molecule has 2 fully saturated rings. The van der Waals surface area contributed by atoms with Gasteiger partial charge in [-0.3, -0.25) is 42.5 Å². The SMILES string of the molecule is C#CCOCCOCCOCCNc1nc(N2CCN(C(=O)Cn3cc(CCC[NH+]=C(N)N)nn3)CC2)nc(N2CCN(C(=O)Cn3cc(CCC[NH+]=C(N)N)nn3)CC2)n1.[Cl-]. The zero-order valence-electron chi connectivity index (χ0n) is 35.0. The first-order chi connectivity index (χ1) is 29.7. The van der Waals surface area contributed by atoms with Crippen molar-refractivity contribution in [3.63, 3.8) is 0 Å². The van der Waals surface area contributed by atoms with Crippen molar-refractivity contribution in [1.82, 2.24) is 54.7 Å². The van der Waals surface area contributed by atoms with Crippen LogP contribution in [0.2, 0.25) is 0 Å². The number of nitrogens with two attached hydrogens (primary N) is 4. The van der Waals surface area contributed by atoms with E-state index in [0.717, 1.165) is 24.2 Å². The van der Waals surface area contributed by atoms with Crippen LogP contribution in [-0.2, 0) is 49.7 Å². The fourth-order valence-electron chi connectivity index (χ4n) is 6.38. The number of piperazine rings is 2. The Kier molecular flexibility index (Phi) is 20.6. The minimum atomic E-state index is -0.0537. The van der Waals surface area contributed by atoms with Crippen molar-refractivity contribution in [3.05, 3.63) is 23.8 Å². The van der Waals surface area contributed by atoms with E-state index in [1.54, 1.807) is 31.6 Å². The number of nitrogens with one attached hydrogen (secondary N) is 3. The largest absolute Gasteiger partial charge is 1.00 e. The van der Waals surface area contributed by atoms with Gasteiger partial charge >= 0.3 is 11.9 Å². The lowest BCUT2D eigenvalue weighted by molar-refractivity contribution is -0.460. The molecule has 62 heavy (non-hydrogen) atoms. The van der Waals surface area contributed by atoms with Crippen LogP contribution in [0, 0.1) is 12.3 Å². The zero-order valence-corrected chi connectivity index (χ0v) is 35.8. The Hall–Kier alpha value is -6.10. The third-order valence-corrected chi connectivity index (χ3v) is 9.55. The van der Waals surface area contributed by atoms with Crippen molar-refractivity contribution in [3.8, 4) is 12.3 Å². The minimum Gasteiger partial charge on any atom is -1.00 e. The zero-order chi connectivity index (χ0) is 43.2. The van der Waals surface area contributed by atoms with Gasteiger partial charge < -0.3 is 51.5 Å². The molecule has 340 valence electrons. The molecular weight excluding hydrogens is 828 g/mol. The Balaban J connectivity index is 0.00000845. The summed E-state index contributed by atoms with van der Waals surface area (Å²) in [7, 11) is 0. The van der Waals surface area contributed by atoms with Gasteiger partial charge in [-0.1, -0.05) is 16.3 Å². The molecule has 0 atom stereocenters. The molecule has 0 unspecified atom stereocenters. The van der Waals surface area contributed by atoms with Crippen LogP contribution in [0.25, 0.3) is 0 Å². The molecule has 0 aliphatic carbocycles. The van der Waals surface area contributed by atoms with E-state index in [4.69, 9.17) is 58.5 Å². The maximum atomic E-state index is 13.2. The lowest BCUT2D eigenvalue weighted by atomic mass is 10.2. The summed E-state index contributed by atoms with van der Waals surface area (Å²) in [6.45, 7) is 8.21. The number of aromatic nitrogens is 9. The van der Waals surface area contributed by atoms with Gasteiger partial charge in [-0.05, 0) is 25.7 Å². The van der Waals surface area contributed by atoms with Crippen molar-refractivity contribution in [2.45, 2.75) is 38.8 Å². The third kappa shape index (κ3) is 16.7. The highest BCUT2D eigenvalue weighted by atomic mass is 35.5. The number of nitrogens with zero attached hydrogens (tertiary/aromatic N) is 13. The van der Waals surface area contributed by atoms with Gasteiger partial charge in [0.15, 0.2) is 0 Å². The first-order valence-electron chi connectivity index (χ1n) is 20.4. The number of rotatable bonds is 25. The van der Waals surface area contributed by atoms with Gasteiger partial charge in [-0.25, -0.2) is 9.36 Å². The first kappa shape index (κ1) is 48.6. The molecule has 3 aromatic heterocycles. The van der Waals surface area contributed by atoms with Crippen molar-refractivity contribution in [2.75, 3.05) is 127 Å². The van der Waals surface area contributed by atoms with Crippen LogP contribution in [-0.4, -0.2) is 190 Å². The number of hydrogen-bond acceptors (Lipinski definition) is 15. The number of hydrogen-bond donors (Lipinski definition) is 7. The Morgan fingerprint density at radius 2 is 1.13 bits per heavy atom. The van der Waals surface area contributed by atoms with Crippen LogP contribution >= 0.6 is 0 Å². The Morgan fingerprint density at radius 3 is 1.58 bits per heavy atom. The Morgan fingerprint density at radius 1 is 0.677 bits per heavy atom. The quantitative estimate of drug-likeness (QED) is 0.0180. The number of guanidine groups is 2. The van der Waals surface area contributed by atoms with Gasteiger partial charge in [0.05, 0.1) is 57.5 Å². The van der Waals surface area contributed by atoms with Crippen LogP contribution in [0.5, 0.6) is 0 Å². The number of carbonyl (C=O) groups excluding carboxylic acids is 2. The molecule has 2 aliphatic heterocycles. The molecule has 0 radical (unpaired) electrons. The molecular formula is C36H60ClN20O5+. The number of carbonyl (C=O) groups is 2. The number of terminal acetylenes is 1. The highest BCUT2D eigenvalue weighted by Gasteiger charge is 2.27. The minimum absolute atomic E-state index is 0. The van der Waals surface area contributed by atoms with Gasteiger partial charge in [0.2, 0.25) is 29.7 Å². The van der Waals surface area contributed by atoms with E-state index in [1.165, 1.54) is 0 Å². The van der Waals surface area contributed by atoms with Crippen molar-refractivity contribution < 1.29 is 46.2 Å². The van der Waals surface area contributed by atoms with Crippen molar-refractivity contribution in [2.24, 2.45) is 22.9 Å². The monoisotopic (exact) mass is 887 g/mol. The summed E-state index contributed by atoms with van der Waals surface area (Å²) in [5.74, 6) is 4.04. The molecule has 25 nitrogen and oxygen atoms in total. The lowest BCUT2D eigenvalue weighted by Crippen LogP contribution is -3.00. The molecule has 2 aliphatic rings. The summed E-state index contributed by atoms with van der Waals surface area (Å²) in [6.07, 6.45) is 11.6. The number of anilines is 3. The Bertz CT molecular complexity index is 1800. The topological polar surface area (TPSA) is 319 Å². The van der Waals surface area contributed by atoms with E-state index in [0.29, 0.717) is 136 Å². The van der Waals surface area contributed by atoms with Gasteiger partial charge in [0.1, 0.15) is 19.7 Å². The van der Waals surface area contributed by atoms with Gasteiger partial charge in [0.25, 0.3) is 0 Å². The molecule has 3 aromatic rings. The maximum Gasteiger partial charge on any atom is 0.338 e. The Labute approximate surface area is 366 Å². The second-order valence-electron chi connectivity index (χ2n) is 14.2. The first-order valence-corrected chi connectivity index (χ1v) is 20.4. The summed E-state index contributed by atoms with van der Waals surface area (Å²) in [4.78, 5) is 54.3. The van der Waals surface area contributed by atoms with Crippen molar-refractivity contribution >= 4 is 41.6 Å². The molecule has 11 N–H and O–H groups in total. The van der Waals surface area contributed by atoms with Gasteiger partial charge in [-0.15, -0.1) is 16.6 Å². The standard InChI is InChI=1S/C36H58N20O5.ClH/c1-2-18-59-20-22-61-23-21-60-19-9-43-34-44-35(53-14-10-51(11-15-53)30(57)26-55-24-28(47-49-55)5-3-7-41-32(37)38)46-36(45-34)54-16-12-52(13-17-54)31(58)27-56-25-29(48-50-56)6-4-8-42-33(39)40;/h1,24-25H,3-23,26-27H2,(H4,37,38,41)(H4,39,40,42)(H,43,44,45,46);1H/p+1. The molecule has 5 rings (SSSR count). The summed E-state index contributed by atoms with van der Waals surface area (Å²) in [5.41, 5.74) is 23.3. The van der Waals surface area contributed by atoms with Gasteiger partial charge in [-0.2, -0.15) is 15.0 Å². The summed E-state index contributed by atoms with van der Waals surface area (Å²) < 4.78 is 19.5.